The minimum Gasteiger partial charge on any atom is -0.507 e. The molecule has 2 aromatic carbocycles. The number of aryl methyl sites for hydroxylation is 1. The predicted molar refractivity (Wildman–Crippen MR) is 145 cm³/mol. The molecule has 0 bridgehead atoms. The molecular formula is C28H26N2O9S. The molecule has 2 aliphatic heterocycles. The smallest absolute Gasteiger partial charge is 0.350 e. The number of nitrogens with zero attached hydrogens (tertiary/aromatic N) is 2. The van der Waals surface area contributed by atoms with E-state index in [1.807, 2.05) is 0 Å². The first-order valence-corrected chi connectivity index (χ1v) is 13.2. The molecule has 0 radical (unpaired) electrons. The third kappa shape index (κ3) is 4.49. The Kier molecular flexibility index (Phi) is 7.35. The number of benzene rings is 2. The van der Waals surface area contributed by atoms with Crippen LogP contribution < -0.4 is 23.8 Å². The van der Waals surface area contributed by atoms with Gasteiger partial charge >= 0.3 is 11.9 Å². The Morgan fingerprint density at radius 1 is 1.12 bits per heavy atom. The van der Waals surface area contributed by atoms with E-state index in [1.165, 1.54) is 14.2 Å². The van der Waals surface area contributed by atoms with E-state index in [1.54, 1.807) is 50.2 Å². The van der Waals surface area contributed by atoms with E-state index in [0.717, 1.165) is 16.2 Å². The first kappa shape index (κ1) is 27.0. The zero-order valence-electron chi connectivity index (χ0n) is 22.2. The summed E-state index contributed by atoms with van der Waals surface area (Å²) < 4.78 is 27.4. The number of ketones is 1. The van der Waals surface area contributed by atoms with Gasteiger partial charge in [0, 0.05) is 11.1 Å². The van der Waals surface area contributed by atoms with Crippen LogP contribution in [0, 0.1) is 6.92 Å². The van der Waals surface area contributed by atoms with Gasteiger partial charge < -0.3 is 28.8 Å². The van der Waals surface area contributed by atoms with Crippen LogP contribution in [0.2, 0.25) is 0 Å². The summed E-state index contributed by atoms with van der Waals surface area (Å²) >= 11 is 0.915. The first-order valence-electron chi connectivity index (χ1n) is 12.4. The lowest BCUT2D eigenvalue weighted by Crippen LogP contribution is -2.29. The fourth-order valence-electron chi connectivity index (χ4n) is 4.67. The average molecular weight is 567 g/mol. The van der Waals surface area contributed by atoms with E-state index < -0.39 is 29.5 Å². The van der Waals surface area contributed by atoms with Crippen LogP contribution >= 0.6 is 11.3 Å². The molecule has 1 fully saturated rings. The van der Waals surface area contributed by atoms with Gasteiger partial charge in [-0.05, 0) is 38.1 Å². The SMILES string of the molecule is CCOC(=O)c1sc(N2C(=O)C(=O)C(=C(O)c3ccc4c(c3)OCCO4)C2c2cccc(OC)c2OC)nc1C. The molecular weight excluding hydrogens is 540 g/mol. The number of hydrogen-bond donors (Lipinski definition) is 1. The maximum atomic E-state index is 13.6. The molecule has 0 aliphatic carbocycles. The summed E-state index contributed by atoms with van der Waals surface area (Å²) in [6.45, 7) is 4.17. The number of aliphatic hydroxyl groups excluding tert-OH is 1. The van der Waals surface area contributed by atoms with Crippen molar-refractivity contribution in [2.45, 2.75) is 19.9 Å². The number of methoxy groups -OCH3 is 2. The molecule has 1 amide bonds. The van der Waals surface area contributed by atoms with Gasteiger partial charge in [0.15, 0.2) is 28.1 Å². The number of hydrogen-bond acceptors (Lipinski definition) is 11. The Labute approximate surface area is 233 Å². The average Bonchev–Trinajstić information content (AvgIpc) is 3.48. The number of amides is 1. The molecule has 1 unspecified atom stereocenters. The van der Waals surface area contributed by atoms with Gasteiger partial charge in [-0.1, -0.05) is 23.5 Å². The maximum absolute atomic E-state index is 13.6. The number of carbonyl (C=O) groups is 3. The Morgan fingerprint density at radius 2 is 1.88 bits per heavy atom. The molecule has 208 valence electrons. The number of anilines is 1. The van der Waals surface area contributed by atoms with Crippen LogP contribution in [0.5, 0.6) is 23.0 Å². The third-order valence-electron chi connectivity index (χ3n) is 6.44. The van der Waals surface area contributed by atoms with Crippen LogP contribution in [-0.2, 0) is 14.3 Å². The molecule has 40 heavy (non-hydrogen) atoms. The van der Waals surface area contributed by atoms with E-state index in [2.05, 4.69) is 4.98 Å². The van der Waals surface area contributed by atoms with Crippen LogP contribution in [0.25, 0.3) is 5.76 Å². The fourth-order valence-corrected chi connectivity index (χ4v) is 5.66. The number of para-hydroxylation sites is 1. The van der Waals surface area contributed by atoms with Crippen molar-refractivity contribution in [3.05, 3.63) is 63.7 Å². The van der Waals surface area contributed by atoms with Crippen molar-refractivity contribution in [1.29, 1.82) is 0 Å². The quantitative estimate of drug-likeness (QED) is 0.193. The zero-order chi connectivity index (χ0) is 28.6. The summed E-state index contributed by atoms with van der Waals surface area (Å²) in [5.74, 6) is -1.38. The lowest BCUT2D eigenvalue weighted by molar-refractivity contribution is -0.132. The molecule has 3 heterocycles. The van der Waals surface area contributed by atoms with Crippen molar-refractivity contribution in [3.8, 4) is 23.0 Å². The van der Waals surface area contributed by atoms with Gasteiger partial charge in [0.1, 0.15) is 29.9 Å². The Bertz CT molecular complexity index is 1540. The van der Waals surface area contributed by atoms with Gasteiger partial charge in [0.25, 0.3) is 5.78 Å². The topological polar surface area (TPSA) is 134 Å². The molecule has 1 atom stereocenters. The highest BCUT2D eigenvalue weighted by Gasteiger charge is 2.49. The number of carbonyl (C=O) groups excluding carboxylic acids is 3. The van der Waals surface area contributed by atoms with E-state index in [-0.39, 0.29) is 33.5 Å². The molecule has 11 nitrogen and oxygen atoms in total. The Morgan fingerprint density at radius 3 is 2.58 bits per heavy atom. The minimum absolute atomic E-state index is 0.0822. The van der Waals surface area contributed by atoms with Crippen molar-refractivity contribution < 1.29 is 43.2 Å². The van der Waals surface area contributed by atoms with Crippen molar-refractivity contribution in [1.82, 2.24) is 4.98 Å². The van der Waals surface area contributed by atoms with Gasteiger partial charge in [-0.3, -0.25) is 14.5 Å². The number of aromatic nitrogens is 1. The highest BCUT2D eigenvalue weighted by atomic mass is 32.1. The second kappa shape index (κ2) is 10.9. The van der Waals surface area contributed by atoms with Gasteiger partial charge in [-0.15, -0.1) is 0 Å². The molecule has 5 rings (SSSR count). The molecule has 3 aromatic rings. The van der Waals surface area contributed by atoms with Crippen LogP contribution in [0.3, 0.4) is 0 Å². The van der Waals surface area contributed by atoms with Crippen molar-refractivity contribution >= 4 is 39.9 Å². The standard InChI is InChI=1S/C28H26N2O9S/c1-5-37-27(34)25-14(2)29-28(40-25)30-21(16-7-6-8-18(35-3)24(16)36-4)20(23(32)26(30)33)22(31)15-9-10-17-19(13-15)39-12-11-38-17/h6-10,13,21,31H,5,11-12H2,1-4H3. The van der Waals surface area contributed by atoms with E-state index in [9.17, 15) is 19.5 Å². The normalized spacial score (nSPS) is 17.6. The monoisotopic (exact) mass is 566 g/mol. The second-order valence-corrected chi connectivity index (χ2v) is 9.72. The second-order valence-electron chi connectivity index (χ2n) is 8.74. The summed E-state index contributed by atoms with van der Waals surface area (Å²) in [6.07, 6.45) is 0. The van der Waals surface area contributed by atoms with Crippen LogP contribution in [-0.4, -0.2) is 61.8 Å². The number of thiazole rings is 1. The molecule has 12 heteroatoms. The highest BCUT2D eigenvalue weighted by molar-refractivity contribution is 7.17. The minimum atomic E-state index is -1.17. The lowest BCUT2D eigenvalue weighted by atomic mass is 9.94. The van der Waals surface area contributed by atoms with Gasteiger partial charge in [-0.25, -0.2) is 9.78 Å². The van der Waals surface area contributed by atoms with Gasteiger partial charge in [0.05, 0.1) is 32.1 Å². The van der Waals surface area contributed by atoms with Gasteiger partial charge in [-0.2, -0.15) is 0 Å². The van der Waals surface area contributed by atoms with Crippen molar-refractivity contribution in [2.24, 2.45) is 0 Å². The third-order valence-corrected chi connectivity index (χ3v) is 7.58. The summed E-state index contributed by atoms with van der Waals surface area (Å²) in [5, 5.41) is 11.6. The van der Waals surface area contributed by atoms with Crippen molar-refractivity contribution in [3.63, 3.8) is 0 Å². The lowest BCUT2D eigenvalue weighted by Gasteiger charge is -2.25. The summed E-state index contributed by atoms with van der Waals surface area (Å²) in [7, 11) is 2.89. The first-order chi connectivity index (χ1) is 19.3. The molecule has 2 aliphatic rings. The van der Waals surface area contributed by atoms with E-state index in [4.69, 9.17) is 23.7 Å². The predicted octanol–water partition coefficient (Wildman–Crippen LogP) is 4.04. The van der Waals surface area contributed by atoms with Gasteiger partial charge in [0.2, 0.25) is 0 Å². The number of esters is 1. The van der Waals surface area contributed by atoms with Crippen molar-refractivity contribution in [2.75, 3.05) is 38.9 Å². The summed E-state index contributed by atoms with van der Waals surface area (Å²) in [4.78, 5) is 45.5. The number of ether oxygens (including phenoxy) is 5. The van der Waals surface area contributed by atoms with Crippen LogP contribution in [0.1, 0.15) is 39.5 Å². The number of Topliss-reactive ketones (excluding diaryl/α,β-unsaturated/α-hetero) is 1. The Hall–Kier alpha value is -4.58. The fraction of sp³-hybridized carbons (Fsp3) is 0.286. The molecule has 1 saturated heterocycles. The van der Waals surface area contributed by atoms with E-state index >= 15 is 0 Å². The molecule has 0 spiro atoms. The maximum Gasteiger partial charge on any atom is 0.350 e. The molecule has 1 N–H and O–H groups in total. The summed E-state index contributed by atoms with van der Waals surface area (Å²) in [6, 6.07) is 8.58. The largest absolute Gasteiger partial charge is 0.507 e. The van der Waals surface area contributed by atoms with Crippen LogP contribution in [0.15, 0.2) is 42.0 Å². The molecule has 0 saturated carbocycles. The molecule has 1 aromatic heterocycles. The highest BCUT2D eigenvalue weighted by Crippen LogP contribution is 2.48. The van der Waals surface area contributed by atoms with E-state index in [0.29, 0.717) is 41.7 Å². The zero-order valence-corrected chi connectivity index (χ0v) is 23.0. The Balaban J connectivity index is 1.73. The number of fused-ring (bicyclic) bond motifs is 1. The number of aliphatic hydroxyl groups is 1. The number of rotatable bonds is 7. The van der Waals surface area contributed by atoms with Crippen LogP contribution in [0.4, 0.5) is 5.13 Å². The summed E-state index contributed by atoms with van der Waals surface area (Å²) in [5.41, 5.74) is 0.754.